The number of nitrogens with zero attached hydrogens (tertiary/aromatic N) is 1. The molecule has 0 heterocycles. The monoisotopic (exact) mass is 216 g/mol. The number of nitrogens with two attached hydrogens (primary N) is 1. The Balaban J connectivity index is 3.99. The molecule has 3 heteroatoms. The number of hydrogen-bond donors (Lipinski definition) is 1. The molecular formula is C11H24N2S. The third-order valence-corrected chi connectivity index (χ3v) is 2.72. The Labute approximate surface area is 93.8 Å². The first kappa shape index (κ1) is 13.8. The summed E-state index contributed by atoms with van der Waals surface area (Å²) in [5.74, 6) is 0.788. The second kappa shape index (κ2) is 8.18. The van der Waals surface area contributed by atoms with Crippen molar-refractivity contribution in [3.63, 3.8) is 0 Å². The molecule has 0 saturated heterocycles. The van der Waals surface area contributed by atoms with Gasteiger partial charge in [0.2, 0.25) is 0 Å². The van der Waals surface area contributed by atoms with E-state index in [4.69, 9.17) is 18.0 Å². The molecule has 0 aliphatic carbocycles. The Morgan fingerprint density at radius 3 is 2.21 bits per heavy atom. The minimum Gasteiger partial charge on any atom is -0.392 e. The maximum Gasteiger partial charge on any atom is 0.0870 e. The van der Waals surface area contributed by atoms with Gasteiger partial charge in [-0.1, -0.05) is 45.8 Å². The van der Waals surface area contributed by atoms with Crippen molar-refractivity contribution in [2.45, 2.75) is 40.0 Å². The molecule has 0 spiro atoms. The lowest BCUT2D eigenvalue weighted by Crippen LogP contribution is -2.36. The van der Waals surface area contributed by atoms with Crippen LogP contribution in [0.3, 0.4) is 0 Å². The lowest BCUT2D eigenvalue weighted by Gasteiger charge is -2.25. The molecule has 0 bridgehead atoms. The quantitative estimate of drug-likeness (QED) is 0.632. The SMILES string of the molecule is CCCN(CC(N)=S)CC(CC)CC. The third kappa shape index (κ3) is 6.33. The molecule has 0 aromatic rings. The van der Waals surface area contributed by atoms with Crippen LogP contribution in [0.4, 0.5) is 0 Å². The first-order chi connectivity index (χ1) is 6.63. The molecule has 14 heavy (non-hydrogen) atoms. The average molecular weight is 216 g/mol. The first-order valence-electron chi connectivity index (χ1n) is 5.64. The molecule has 84 valence electrons. The first-order valence-corrected chi connectivity index (χ1v) is 6.05. The van der Waals surface area contributed by atoms with Crippen LogP contribution in [0.15, 0.2) is 0 Å². The number of hydrogen-bond acceptors (Lipinski definition) is 2. The normalized spacial score (nSPS) is 11.2. The summed E-state index contributed by atoms with van der Waals surface area (Å²) in [5.41, 5.74) is 5.57. The summed E-state index contributed by atoms with van der Waals surface area (Å²) in [5, 5.41) is 0. The van der Waals surface area contributed by atoms with Crippen LogP contribution in [0.5, 0.6) is 0 Å². The molecule has 0 saturated carbocycles. The minimum atomic E-state index is 0.615. The Bertz CT molecular complexity index is 155. The topological polar surface area (TPSA) is 29.3 Å². The zero-order valence-electron chi connectivity index (χ0n) is 9.75. The highest BCUT2D eigenvalue weighted by Crippen LogP contribution is 2.09. The van der Waals surface area contributed by atoms with Gasteiger partial charge in [-0.15, -0.1) is 0 Å². The van der Waals surface area contributed by atoms with Crippen LogP contribution in [0.1, 0.15) is 40.0 Å². The van der Waals surface area contributed by atoms with Crippen LogP contribution >= 0.6 is 12.2 Å². The Morgan fingerprint density at radius 1 is 1.29 bits per heavy atom. The lowest BCUT2D eigenvalue weighted by molar-refractivity contribution is 0.251. The molecule has 0 radical (unpaired) electrons. The molecule has 0 atom stereocenters. The summed E-state index contributed by atoms with van der Waals surface area (Å²) < 4.78 is 0. The van der Waals surface area contributed by atoms with Gasteiger partial charge in [0.15, 0.2) is 0 Å². The van der Waals surface area contributed by atoms with E-state index in [2.05, 4.69) is 25.7 Å². The zero-order valence-corrected chi connectivity index (χ0v) is 10.6. The molecule has 0 amide bonds. The second-order valence-corrected chi connectivity index (χ2v) is 4.41. The largest absolute Gasteiger partial charge is 0.392 e. The molecule has 0 aromatic heterocycles. The highest BCUT2D eigenvalue weighted by atomic mass is 32.1. The fourth-order valence-electron chi connectivity index (χ4n) is 1.68. The molecule has 2 nitrogen and oxygen atoms in total. The van der Waals surface area contributed by atoms with Crippen molar-refractivity contribution >= 4 is 17.2 Å². The van der Waals surface area contributed by atoms with Gasteiger partial charge in [-0.05, 0) is 18.9 Å². The maximum atomic E-state index is 5.57. The second-order valence-electron chi connectivity index (χ2n) is 3.88. The van der Waals surface area contributed by atoms with Gasteiger partial charge < -0.3 is 5.73 Å². The molecule has 0 aromatic carbocycles. The Kier molecular flexibility index (Phi) is 8.09. The van der Waals surface area contributed by atoms with Crippen molar-refractivity contribution in [3.05, 3.63) is 0 Å². The van der Waals surface area contributed by atoms with Crippen LogP contribution in [0, 0.1) is 5.92 Å². The fraction of sp³-hybridized carbons (Fsp3) is 0.909. The predicted molar refractivity (Wildman–Crippen MR) is 67.6 cm³/mol. The summed E-state index contributed by atoms with van der Waals surface area (Å²) >= 11 is 4.95. The van der Waals surface area contributed by atoms with Crippen molar-refractivity contribution in [2.24, 2.45) is 11.7 Å². The summed E-state index contributed by atoms with van der Waals surface area (Å²) in [7, 11) is 0. The molecule has 0 rings (SSSR count). The van der Waals surface area contributed by atoms with Gasteiger partial charge >= 0.3 is 0 Å². The van der Waals surface area contributed by atoms with Gasteiger partial charge in [-0.2, -0.15) is 0 Å². The average Bonchev–Trinajstić information content (AvgIpc) is 2.13. The van der Waals surface area contributed by atoms with E-state index in [1.165, 1.54) is 19.3 Å². The minimum absolute atomic E-state index is 0.615. The fourth-order valence-corrected chi connectivity index (χ4v) is 1.87. The number of rotatable bonds is 8. The third-order valence-electron chi connectivity index (χ3n) is 2.59. The van der Waals surface area contributed by atoms with E-state index in [1.807, 2.05) is 0 Å². The summed E-state index contributed by atoms with van der Waals surface area (Å²) in [6.07, 6.45) is 3.66. The van der Waals surface area contributed by atoms with Crippen LogP contribution in [0.25, 0.3) is 0 Å². The van der Waals surface area contributed by atoms with E-state index in [9.17, 15) is 0 Å². The van der Waals surface area contributed by atoms with E-state index >= 15 is 0 Å². The maximum absolute atomic E-state index is 5.57. The van der Waals surface area contributed by atoms with Gasteiger partial charge in [0.1, 0.15) is 0 Å². The van der Waals surface area contributed by atoms with Gasteiger partial charge in [0.25, 0.3) is 0 Å². The van der Waals surface area contributed by atoms with Crippen molar-refractivity contribution in [2.75, 3.05) is 19.6 Å². The highest BCUT2D eigenvalue weighted by Gasteiger charge is 2.10. The smallest absolute Gasteiger partial charge is 0.0870 e. The summed E-state index contributed by atoms with van der Waals surface area (Å²) in [6.45, 7) is 9.71. The summed E-state index contributed by atoms with van der Waals surface area (Å²) in [6, 6.07) is 0. The zero-order chi connectivity index (χ0) is 11.0. The Morgan fingerprint density at radius 2 is 1.86 bits per heavy atom. The standard InChI is InChI=1S/C11H24N2S/c1-4-7-13(9-11(12)14)8-10(5-2)6-3/h10H,4-9H2,1-3H3,(H2,12,14). The van der Waals surface area contributed by atoms with Crippen LogP contribution in [0.2, 0.25) is 0 Å². The molecular weight excluding hydrogens is 192 g/mol. The molecule has 2 N–H and O–H groups in total. The van der Waals surface area contributed by atoms with Gasteiger partial charge in [-0.25, -0.2) is 0 Å². The van der Waals surface area contributed by atoms with Gasteiger partial charge in [0, 0.05) is 13.1 Å². The predicted octanol–water partition coefficient (Wildman–Crippen LogP) is 2.42. The van der Waals surface area contributed by atoms with E-state index in [1.54, 1.807) is 0 Å². The lowest BCUT2D eigenvalue weighted by atomic mass is 10.0. The van der Waals surface area contributed by atoms with Crippen LogP contribution in [-0.4, -0.2) is 29.5 Å². The van der Waals surface area contributed by atoms with Gasteiger partial charge in [0.05, 0.1) is 4.99 Å². The van der Waals surface area contributed by atoms with Crippen LogP contribution < -0.4 is 5.73 Å². The van der Waals surface area contributed by atoms with E-state index in [0.29, 0.717) is 4.99 Å². The molecule has 0 aliphatic heterocycles. The van der Waals surface area contributed by atoms with Crippen molar-refractivity contribution < 1.29 is 0 Å². The van der Waals surface area contributed by atoms with E-state index < -0.39 is 0 Å². The number of thiocarbonyl (C=S) groups is 1. The molecule has 0 unspecified atom stereocenters. The molecule has 0 aliphatic rings. The van der Waals surface area contributed by atoms with E-state index in [-0.39, 0.29) is 0 Å². The molecule has 0 fully saturated rings. The van der Waals surface area contributed by atoms with Crippen LogP contribution in [-0.2, 0) is 0 Å². The van der Waals surface area contributed by atoms with Gasteiger partial charge in [-0.3, -0.25) is 4.90 Å². The summed E-state index contributed by atoms with van der Waals surface area (Å²) in [4.78, 5) is 2.99. The highest BCUT2D eigenvalue weighted by molar-refractivity contribution is 7.80. The van der Waals surface area contributed by atoms with Crippen molar-refractivity contribution in [1.82, 2.24) is 4.90 Å². The van der Waals surface area contributed by atoms with E-state index in [0.717, 1.165) is 25.6 Å². The van der Waals surface area contributed by atoms with Crippen molar-refractivity contribution in [3.8, 4) is 0 Å². The Hall–Kier alpha value is -0.150. The van der Waals surface area contributed by atoms with Crippen molar-refractivity contribution in [1.29, 1.82) is 0 Å².